The fourth-order valence-corrected chi connectivity index (χ4v) is 1.59. The minimum Gasteiger partial charge on any atom is -0.480 e. The molecule has 0 heterocycles. The van der Waals surface area contributed by atoms with Crippen LogP contribution in [0.15, 0.2) is 22.7 Å². The second-order valence-corrected chi connectivity index (χ2v) is 4.63. The molecule has 1 aromatic rings. The molecule has 1 unspecified atom stereocenters. The van der Waals surface area contributed by atoms with Gasteiger partial charge in [-0.25, -0.2) is 9.59 Å². The highest BCUT2D eigenvalue weighted by atomic mass is 79.9. The number of nitrogens with one attached hydrogen (secondary N) is 2. The standard InChI is InChI=1S/C12H13BrN2O5/c1-6(10(16)15-12(19)14-2)20-9-5-7(11(17)18)3-4-8(9)13/h3-6H,1-2H3,(H,17,18)(H2,14,15,16,19). The van der Waals surface area contributed by atoms with Gasteiger partial charge >= 0.3 is 12.0 Å². The van der Waals surface area contributed by atoms with Gasteiger partial charge in [-0.2, -0.15) is 0 Å². The smallest absolute Gasteiger partial charge is 0.335 e. The van der Waals surface area contributed by atoms with Crippen LogP contribution in [0.25, 0.3) is 0 Å². The highest BCUT2D eigenvalue weighted by Gasteiger charge is 2.18. The Morgan fingerprint density at radius 2 is 2.00 bits per heavy atom. The van der Waals surface area contributed by atoms with Crippen LogP contribution in [0, 0.1) is 0 Å². The van der Waals surface area contributed by atoms with Gasteiger partial charge in [0.2, 0.25) is 0 Å². The summed E-state index contributed by atoms with van der Waals surface area (Å²) in [4.78, 5) is 33.5. The molecule has 8 heteroatoms. The highest BCUT2D eigenvalue weighted by molar-refractivity contribution is 9.10. The number of carboxylic acid groups (broad SMARTS) is 1. The number of hydrogen-bond acceptors (Lipinski definition) is 4. The van der Waals surface area contributed by atoms with Gasteiger partial charge in [-0.15, -0.1) is 0 Å². The number of amides is 3. The summed E-state index contributed by atoms with van der Waals surface area (Å²) in [5, 5.41) is 13.2. The van der Waals surface area contributed by atoms with Gasteiger partial charge in [-0.05, 0) is 41.1 Å². The summed E-state index contributed by atoms with van der Waals surface area (Å²) in [7, 11) is 1.38. The van der Waals surface area contributed by atoms with E-state index in [1.54, 1.807) is 0 Å². The van der Waals surface area contributed by atoms with E-state index < -0.39 is 24.0 Å². The summed E-state index contributed by atoms with van der Waals surface area (Å²) in [6.07, 6.45) is -0.965. The van der Waals surface area contributed by atoms with Crippen LogP contribution in [0.4, 0.5) is 4.79 Å². The van der Waals surface area contributed by atoms with Crippen LogP contribution in [0.3, 0.4) is 0 Å². The van der Waals surface area contributed by atoms with E-state index in [0.29, 0.717) is 4.47 Å². The average Bonchev–Trinajstić information content (AvgIpc) is 2.40. The lowest BCUT2D eigenvalue weighted by atomic mass is 10.2. The zero-order valence-corrected chi connectivity index (χ0v) is 12.4. The van der Waals surface area contributed by atoms with Gasteiger partial charge < -0.3 is 15.2 Å². The molecule has 108 valence electrons. The van der Waals surface area contributed by atoms with Crippen molar-refractivity contribution in [1.82, 2.24) is 10.6 Å². The third-order valence-corrected chi connectivity index (χ3v) is 2.97. The molecule has 0 saturated carbocycles. The van der Waals surface area contributed by atoms with Crippen molar-refractivity contribution in [3.63, 3.8) is 0 Å². The van der Waals surface area contributed by atoms with E-state index in [0.717, 1.165) is 0 Å². The molecule has 0 aliphatic carbocycles. The first-order valence-corrected chi connectivity index (χ1v) is 6.36. The molecular weight excluding hydrogens is 332 g/mol. The number of benzene rings is 1. The monoisotopic (exact) mass is 344 g/mol. The van der Waals surface area contributed by atoms with Gasteiger partial charge in [0.05, 0.1) is 10.0 Å². The maximum Gasteiger partial charge on any atom is 0.335 e. The van der Waals surface area contributed by atoms with Crippen molar-refractivity contribution < 1.29 is 24.2 Å². The zero-order valence-electron chi connectivity index (χ0n) is 10.8. The minimum absolute atomic E-state index is 0.0297. The Hall–Kier alpha value is -2.09. The quantitative estimate of drug-likeness (QED) is 0.765. The molecule has 0 bridgehead atoms. The summed E-state index contributed by atoms with van der Waals surface area (Å²) in [6.45, 7) is 1.44. The first kappa shape index (κ1) is 16.0. The molecule has 3 amide bonds. The van der Waals surface area contributed by atoms with E-state index in [1.165, 1.54) is 32.2 Å². The van der Waals surface area contributed by atoms with Crippen LogP contribution >= 0.6 is 15.9 Å². The Balaban J connectivity index is 2.82. The second kappa shape index (κ2) is 6.90. The lowest BCUT2D eigenvalue weighted by Gasteiger charge is -2.15. The SMILES string of the molecule is CNC(=O)NC(=O)C(C)Oc1cc(C(=O)O)ccc1Br. The number of rotatable bonds is 4. The van der Waals surface area contributed by atoms with E-state index in [4.69, 9.17) is 9.84 Å². The summed E-state index contributed by atoms with van der Waals surface area (Å²) in [6, 6.07) is 3.54. The van der Waals surface area contributed by atoms with Crippen molar-refractivity contribution in [2.75, 3.05) is 7.05 Å². The molecule has 3 N–H and O–H groups in total. The maximum atomic E-state index is 11.6. The molecule has 1 rings (SSSR count). The fourth-order valence-electron chi connectivity index (χ4n) is 1.25. The highest BCUT2D eigenvalue weighted by Crippen LogP contribution is 2.27. The first-order chi connectivity index (χ1) is 9.35. The lowest BCUT2D eigenvalue weighted by Crippen LogP contribution is -2.44. The molecule has 20 heavy (non-hydrogen) atoms. The Morgan fingerprint density at radius 3 is 2.55 bits per heavy atom. The predicted molar refractivity (Wildman–Crippen MR) is 73.8 cm³/mol. The number of halogens is 1. The number of carbonyl (C=O) groups is 3. The largest absolute Gasteiger partial charge is 0.480 e. The number of carbonyl (C=O) groups excluding carboxylic acids is 2. The average molecular weight is 345 g/mol. The second-order valence-electron chi connectivity index (χ2n) is 3.78. The molecule has 0 spiro atoms. The molecule has 1 aromatic carbocycles. The number of ether oxygens (including phenoxy) is 1. The summed E-state index contributed by atoms with van der Waals surface area (Å²) >= 11 is 3.19. The van der Waals surface area contributed by atoms with Crippen molar-refractivity contribution in [2.45, 2.75) is 13.0 Å². The van der Waals surface area contributed by atoms with E-state index in [2.05, 4.69) is 26.6 Å². The molecule has 0 fully saturated rings. The Kier molecular flexibility index (Phi) is 5.51. The minimum atomic E-state index is -1.11. The van der Waals surface area contributed by atoms with E-state index in [1.807, 2.05) is 0 Å². The van der Waals surface area contributed by atoms with Crippen LogP contribution in [-0.2, 0) is 4.79 Å². The molecule has 0 aliphatic rings. The van der Waals surface area contributed by atoms with Crippen LogP contribution in [0.2, 0.25) is 0 Å². The third kappa shape index (κ3) is 4.23. The van der Waals surface area contributed by atoms with Crippen molar-refractivity contribution in [3.05, 3.63) is 28.2 Å². The van der Waals surface area contributed by atoms with E-state index in [-0.39, 0.29) is 11.3 Å². The lowest BCUT2D eigenvalue weighted by molar-refractivity contribution is -0.126. The molecular formula is C12H13BrN2O5. The zero-order chi connectivity index (χ0) is 15.3. The van der Waals surface area contributed by atoms with Gasteiger partial charge in [0.1, 0.15) is 5.75 Å². The van der Waals surface area contributed by atoms with Crippen molar-refractivity contribution in [3.8, 4) is 5.75 Å². The Morgan fingerprint density at radius 1 is 1.35 bits per heavy atom. The van der Waals surface area contributed by atoms with E-state index >= 15 is 0 Å². The molecule has 0 saturated heterocycles. The topological polar surface area (TPSA) is 105 Å². The summed E-state index contributed by atoms with van der Waals surface area (Å²) in [5.74, 6) is -1.55. The Bertz CT molecular complexity index is 547. The van der Waals surface area contributed by atoms with Crippen LogP contribution in [0.5, 0.6) is 5.75 Å². The number of hydrogen-bond donors (Lipinski definition) is 3. The number of aromatic carboxylic acids is 1. The molecule has 7 nitrogen and oxygen atoms in total. The van der Waals surface area contributed by atoms with Gasteiger partial charge in [-0.1, -0.05) is 0 Å². The van der Waals surface area contributed by atoms with Crippen LogP contribution in [-0.4, -0.2) is 36.2 Å². The fraction of sp³-hybridized carbons (Fsp3) is 0.250. The summed E-state index contributed by atoms with van der Waals surface area (Å²) < 4.78 is 5.84. The summed E-state index contributed by atoms with van der Waals surface area (Å²) in [5.41, 5.74) is 0.0297. The van der Waals surface area contributed by atoms with Crippen molar-refractivity contribution in [2.24, 2.45) is 0 Å². The van der Waals surface area contributed by atoms with E-state index in [9.17, 15) is 14.4 Å². The maximum absolute atomic E-state index is 11.6. The number of imide groups is 1. The molecule has 0 aromatic heterocycles. The normalized spacial score (nSPS) is 11.3. The molecule has 0 aliphatic heterocycles. The van der Waals surface area contributed by atoms with Gasteiger partial charge in [0.25, 0.3) is 5.91 Å². The Labute approximate surface area is 123 Å². The van der Waals surface area contributed by atoms with Gasteiger partial charge in [0, 0.05) is 7.05 Å². The van der Waals surface area contributed by atoms with Crippen LogP contribution < -0.4 is 15.4 Å². The predicted octanol–water partition coefficient (Wildman–Crippen LogP) is 1.37. The van der Waals surface area contributed by atoms with Gasteiger partial charge in [0.15, 0.2) is 6.10 Å². The number of urea groups is 1. The van der Waals surface area contributed by atoms with Crippen LogP contribution in [0.1, 0.15) is 17.3 Å². The molecule has 1 atom stereocenters. The third-order valence-electron chi connectivity index (χ3n) is 2.31. The molecule has 0 radical (unpaired) electrons. The van der Waals surface area contributed by atoms with Crippen molar-refractivity contribution in [1.29, 1.82) is 0 Å². The number of carboxylic acids is 1. The van der Waals surface area contributed by atoms with Gasteiger partial charge in [-0.3, -0.25) is 10.1 Å². The van der Waals surface area contributed by atoms with Crippen molar-refractivity contribution >= 4 is 33.8 Å². The first-order valence-electron chi connectivity index (χ1n) is 5.57.